The molecule has 5 heteroatoms. The summed E-state index contributed by atoms with van der Waals surface area (Å²) in [6.07, 6.45) is 0. The molecule has 0 spiro atoms. The lowest BCUT2D eigenvalue weighted by Gasteiger charge is -2.29. The Labute approximate surface area is 74.4 Å². The first-order chi connectivity index (χ1) is 4.31. The predicted molar refractivity (Wildman–Crippen MR) is 41.1 cm³/mol. The van der Waals surface area contributed by atoms with Gasteiger partial charge in [0.1, 0.15) is 0 Å². The molecule has 0 amide bonds. The number of rotatable bonds is 2. The smallest absolute Gasteiger partial charge is 0.418 e. The molecule has 0 aromatic carbocycles. The fourth-order valence-corrected chi connectivity index (χ4v) is 0.278. The van der Waals surface area contributed by atoms with Crippen molar-refractivity contribution in [1.82, 2.24) is 0 Å². The molecule has 0 atom stereocenters. The minimum atomic E-state index is -1.62. The van der Waals surface area contributed by atoms with E-state index in [1.165, 1.54) is 20.3 Å². The third kappa shape index (κ3) is 2.52. The van der Waals surface area contributed by atoms with Gasteiger partial charge < -0.3 is 4.74 Å². The molecule has 0 N–H and O–H groups in total. The van der Waals surface area contributed by atoms with Crippen LogP contribution in [-0.4, -0.2) is 15.9 Å². The third-order valence-electron chi connectivity index (χ3n) is 0.979. The second-order valence-electron chi connectivity index (χ2n) is 2.19. The summed E-state index contributed by atoms with van der Waals surface area (Å²) in [5.74, 6) is 0. The molecule has 0 fully saturated rings. The van der Waals surface area contributed by atoms with E-state index in [1.54, 1.807) is 0 Å². The summed E-state index contributed by atoms with van der Waals surface area (Å²) in [5, 5.41) is 0. The molecule has 0 rings (SSSR count). The molecule has 0 saturated carbocycles. The van der Waals surface area contributed by atoms with E-state index in [0.717, 1.165) is 0 Å². The maximum absolute atomic E-state index is 9.74. The van der Waals surface area contributed by atoms with E-state index in [0.29, 0.717) is 0 Å². The van der Waals surface area contributed by atoms with E-state index in [1.807, 2.05) is 0 Å². The van der Waals surface area contributed by atoms with Crippen LogP contribution in [0.2, 0.25) is 0 Å². The van der Waals surface area contributed by atoms with Gasteiger partial charge in [0.2, 0.25) is 3.79 Å². The van der Waals surface area contributed by atoms with Gasteiger partial charge in [-0.15, -0.1) is 0 Å². The lowest BCUT2D eigenvalue weighted by Crippen LogP contribution is -2.38. The van der Waals surface area contributed by atoms with Gasteiger partial charge in [0.15, 0.2) is 5.60 Å². The van der Waals surface area contributed by atoms with Crippen molar-refractivity contribution in [2.75, 3.05) is 0 Å². The van der Waals surface area contributed by atoms with Crippen LogP contribution in [0.15, 0.2) is 0 Å². The molecule has 59 valence electrons. The normalized spacial score (nSPS) is 12.9. The van der Waals surface area contributed by atoms with Gasteiger partial charge in [-0.05, 0) is 13.8 Å². The molecule has 0 aromatic heterocycles. The predicted octanol–water partition coefficient (Wildman–Crippen LogP) is 2.22. The molecule has 0 aliphatic carbocycles. The van der Waals surface area contributed by atoms with Crippen LogP contribution in [0.4, 0.5) is 0 Å². The standard InChI is InChI=1S/C5H6Cl3O2/c1-4(2,10-3-9)5(6,7)8/h1-2H3. The number of halogens is 3. The minimum absolute atomic E-state index is 1.14. The summed E-state index contributed by atoms with van der Waals surface area (Å²) < 4.78 is 2.77. The SMILES string of the molecule is CC(C)(O[C]=O)C(Cl)(Cl)Cl. The van der Waals surface area contributed by atoms with Crippen LogP contribution in [0.1, 0.15) is 13.8 Å². The molecule has 0 aliphatic rings. The van der Waals surface area contributed by atoms with Gasteiger partial charge in [-0.25, -0.2) is 4.79 Å². The zero-order valence-electron chi connectivity index (χ0n) is 5.45. The molecular formula is C5H6Cl3O2. The van der Waals surface area contributed by atoms with Crippen LogP contribution in [0.3, 0.4) is 0 Å². The Bertz CT molecular complexity index is 127. The van der Waals surface area contributed by atoms with Crippen molar-refractivity contribution in [3.8, 4) is 0 Å². The summed E-state index contributed by atoms with van der Waals surface area (Å²) in [5.41, 5.74) is -1.14. The summed E-state index contributed by atoms with van der Waals surface area (Å²) >= 11 is 16.3. The van der Waals surface area contributed by atoms with E-state index >= 15 is 0 Å². The summed E-state index contributed by atoms with van der Waals surface area (Å²) in [4.78, 5) is 9.74. The molecule has 2 nitrogen and oxygen atoms in total. The van der Waals surface area contributed by atoms with Crippen molar-refractivity contribution in [3.63, 3.8) is 0 Å². The Morgan fingerprint density at radius 2 is 1.70 bits per heavy atom. The highest BCUT2D eigenvalue weighted by molar-refractivity contribution is 6.68. The summed E-state index contributed by atoms with van der Waals surface area (Å²) in [6, 6.07) is 0. The molecule has 1 radical (unpaired) electrons. The topological polar surface area (TPSA) is 26.3 Å². The van der Waals surface area contributed by atoms with E-state index in [4.69, 9.17) is 34.8 Å². The average molecular weight is 204 g/mol. The first-order valence-electron chi connectivity index (χ1n) is 2.43. The van der Waals surface area contributed by atoms with Gasteiger partial charge in [0.05, 0.1) is 0 Å². The van der Waals surface area contributed by atoms with E-state index in [2.05, 4.69) is 4.74 Å². The average Bonchev–Trinajstić information content (AvgIpc) is 1.61. The van der Waals surface area contributed by atoms with E-state index in [-0.39, 0.29) is 0 Å². The number of alkyl halides is 3. The zero-order valence-corrected chi connectivity index (χ0v) is 7.72. The van der Waals surface area contributed by atoms with Crippen LogP contribution in [0.5, 0.6) is 0 Å². The summed E-state index contributed by atoms with van der Waals surface area (Å²) in [6.45, 7) is 4.17. The third-order valence-corrected chi connectivity index (χ3v) is 2.34. The Hall–Kier alpha value is 0.340. The van der Waals surface area contributed by atoms with Gasteiger partial charge in [0.25, 0.3) is 0 Å². The summed E-state index contributed by atoms with van der Waals surface area (Å²) in [7, 11) is 0. The van der Waals surface area contributed by atoms with Gasteiger partial charge in [-0.2, -0.15) is 0 Å². The highest BCUT2D eigenvalue weighted by Gasteiger charge is 2.42. The molecule has 0 aliphatic heterocycles. The molecule has 0 unspecified atom stereocenters. The first kappa shape index (κ1) is 10.3. The van der Waals surface area contributed by atoms with Gasteiger partial charge in [-0.1, -0.05) is 34.8 Å². The number of hydrogen-bond donors (Lipinski definition) is 0. The largest absolute Gasteiger partial charge is 0.447 e. The Kier molecular flexibility index (Phi) is 3.27. The van der Waals surface area contributed by atoms with Crippen LogP contribution in [0, 0.1) is 0 Å². The van der Waals surface area contributed by atoms with E-state index < -0.39 is 9.39 Å². The molecule has 0 heterocycles. The van der Waals surface area contributed by atoms with Crippen molar-refractivity contribution in [2.45, 2.75) is 23.2 Å². The van der Waals surface area contributed by atoms with Crippen LogP contribution in [0.25, 0.3) is 0 Å². The molecular weight excluding hydrogens is 198 g/mol. The van der Waals surface area contributed by atoms with Crippen molar-refractivity contribution in [3.05, 3.63) is 0 Å². The van der Waals surface area contributed by atoms with Crippen molar-refractivity contribution in [1.29, 1.82) is 0 Å². The lowest BCUT2D eigenvalue weighted by molar-refractivity contribution is 0.0933. The molecule has 0 bridgehead atoms. The monoisotopic (exact) mass is 203 g/mol. The highest BCUT2D eigenvalue weighted by Crippen LogP contribution is 2.39. The molecule has 10 heavy (non-hydrogen) atoms. The van der Waals surface area contributed by atoms with Crippen molar-refractivity contribution >= 4 is 41.3 Å². The Balaban J connectivity index is 4.23. The van der Waals surface area contributed by atoms with Crippen LogP contribution < -0.4 is 0 Å². The molecule has 0 saturated heterocycles. The maximum atomic E-state index is 9.74. The number of ether oxygens (including phenoxy) is 1. The van der Waals surface area contributed by atoms with Gasteiger partial charge in [0, 0.05) is 0 Å². The van der Waals surface area contributed by atoms with Crippen LogP contribution in [-0.2, 0) is 9.53 Å². The maximum Gasteiger partial charge on any atom is 0.418 e. The fourth-order valence-electron chi connectivity index (χ4n) is 0.162. The van der Waals surface area contributed by atoms with Gasteiger partial charge in [-0.3, -0.25) is 0 Å². The minimum Gasteiger partial charge on any atom is -0.447 e. The van der Waals surface area contributed by atoms with E-state index in [9.17, 15) is 4.79 Å². The number of hydrogen-bond acceptors (Lipinski definition) is 2. The van der Waals surface area contributed by atoms with Crippen LogP contribution >= 0.6 is 34.8 Å². The van der Waals surface area contributed by atoms with Crippen molar-refractivity contribution in [2.24, 2.45) is 0 Å². The quantitative estimate of drug-likeness (QED) is 0.645. The van der Waals surface area contributed by atoms with Crippen molar-refractivity contribution < 1.29 is 9.53 Å². The Morgan fingerprint density at radius 3 is 1.80 bits per heavy atom. The highest BCUT2D eigenvalue weighted by atomic mass is 35.6. The lowest BCUT2D eigenvalue weighted by atomic mass is 10.2. The zero-order chi connectivity index (χ0) is 8.41. The number of carbonyl (C=O) groups excluding carboxylic acids is 1. The second-order valence-corrected chi connectivity index (χ2v) is 4.47. The second kappa shape index (κ2) is 3.16. The first-order valence-corrected chi connectivity index (χ1v) is 3.56. The van der Waals surface area contributed by atoms with Gasteiger partial charge >= 0.3 is 6.47 Å². The molecule has 0 aromatic rings. The fraction of sp³-hybridized carbons (Fsp3) is 0.800. The Morgan fingerprint density at radius 1 is 1.30 bits per heavy atom.